The van der Waals surface area contributed by atoms with Crippen molar-refractivity contribution in [1.29, 1.82) is 0 Å². The van der Waals surface area contributed by atoms with Crippen molar-refractivity contribution < 1.29 is 23.9 Å². The quantitative estimate of drug-likeness (QED) is 0.253. The van der Waals surface area contributed by atoms with Crippen LogP contribution in [0.25, 0.3) is 5.57 Å². The summed E-state index contributed by atoms with van der Waals surface area (Å²) in [5, 5.41) is 0. The molecule has 2 aromatic rings. The van der Waals surface area contributed by atoms with Crippen molar-refractivity contribution in [2.24, 2.45) is 0 Å². The molecule has 0 heterocycles. The van der Waals surface area contributed by atoms with Gasteiger partial charge in [-0.15, -0.1) is 0 Å². The molecule has 0 radical (unpaired) electrons. The standard InChI is InChI=1S/C25H27NO5/c1-4-30-24(28)22(25(29)31-5-2)16-23(27)26(18-20-12-8-6-9-13-20)17-19(3)21-14-10-7-11-15-21/h6-16H,3-5,17-18H2,1-2H3. The molecule has 0 aliphatic heterocycles. The molecule has 0 saturated carbocycles. The van der Waals surface area contributed by atoms with E-state index in [2.05, 4.69) is 6.58 Å². The molecule has 0 bridgehead atoms. The summed E-state index contributed by atoms with van der Waals surface area (Å²) in [5.41, 5.74) is 2.09. The minimum Gasteiger partial charge on any atom is -0.462 e. The molecule has 0 spiro atoms. The minimum atomic E-state index is -0.893. The number of amides is 1. The van der Waals surface area contributed by atoms with Crippen LogP contribution < -0.4 is 0 Å². The molecular weight excluding hydrogens is 394 g/mol. The molecule has 2 rings (SSSR count). The van der Waals surface area contributed by atoms with Crippen LogP contribution in [0.4, 0.5) is 0 Å². The maximum absolute atomic E-state index is 13.1. The summed E-state index contributed by atoms with van der Waals surface area (Å²) >= 11 is 0. The number of hydrogen-bond acceptors (Lipinski definition) is 5. The minimum absolute atomic E-state index is 0.0717. The highest BCUT2D eigenvalue weighted by Crippen LogP contribution is 2.16. The molecule has 2 aromatic carbocycles. The van der Waals surface area contributed by atoms with E-state index in [0.29, 0.717) is 0 Å². The smallest absolute Gasteiger partial charge is 0.345 e. The predicted molar refractivity (Wildman–Crippen MR) is 119 cm³/mol. The summed E-state index contributed by atoms with van der Waals surface area (Å²) < 4.78 is 9.85. The third-order valence-corrected chi connectivity index (χ3v) is 4.35. The first-order valence-electron chi connectivity index (χ1n) is 10.1. The molecule has 6 nitrogen and oxygen atoms in total. The third kappa shape index (κ3) is 7.26. The largest absolute Gasteiger partial charge is 0.462 e. The van der Waals surface area contributed by atoms with Gasteiger partial charge in [0.1, 0.15) is 5.57 Å². The lowest BCUT2D eigenvalue weighted by molar-refractivity contribution is -0.147. The van der Waals surface area contributed by atoms with Crippen LogP contribution in [-0.4, -0.2) is 42.5 Å². The summed E-state index contributed by atoms with van der Waals surface area (Å²) in [4.78, 5) is 39.1. The number of esters is 2. The second-order valence-electron chi connectivity index (χ2n) is 6.65. The van der Waals surface area contributed by atoms with Gasteiger partial charge in [-0.25, -0.2) is 9.59 Å². The summed E-state index contributed by atoms with van der Waals surface area (Å²) in [6.07, 6.45) is 0.983. The van der Waals surface area contributed by atoms with Gasteiger partial charge in [0.05, 0.1) is 13.2 Å². The summed E-state index contributed by atoms with van der Waals surface area (Å²) in [6.45, 7) is 7.98. The Kier molecular flexibility index (Phi) is 9.23. The highest BCUT2D eigenvalue weighted by atomic mass is 16.6. The van der Waals surface area contributed by atoms with E-state index in [-0.39, 0.29) is 26.3 Å². The van der Waals surface area contributed by atoms with Crippen LogP contribution in [0, 0.1) is 0 Å². The van der Waals surface area contributed by atoms with E-state index in [1.807, 2.05) is 60.7 Å². The van der Waals surface area contributed by atoms with Crippen LogP contribution in [-0.2, 0) is 30.4 Å². The van der Waals surface area contributed by atoms with E-state index in [1.54, 1.807) is 13.8 Å². The fourth-order valence-electron chi connectivity index (χ4n) is 2.84. The van der Waals surface area contributed by atoms with Crippen molar-refractivity contribution in [1.82, 2.24) is 4.90 Å². The molecular formula is C25H27NO5. The van der Waals surface area contributed by atoms with E-state index < -0.39 is 23.4 Å². The number of carbonyl (C=O) groups excluding carboxylic acids is 3. The Hall–Kier alpha value is -3.67. The predicted octanol–water partition coefficient (Wildman–Crippen LogP) is 3.78. The molecule has 0 aliphatic rings. The van der Waals surface area contributed by atoms with Crippen molar-refractivity contribution >= 4 is 23.4 Å². The highest BCUT2D eigenvalue weighted by molar-refractivity contribution is 6.17. The first-order chi connectivity index (χ1) is 15.0. The molecule has 0 saturated heterocycles. The Balaban J connectivity index is 2.34. The van der Waals surface area contributed by atoms with E-state index in [1.165, 1.54) is 4.90 Å². The van der Waals surface area contributed by atoms with Crippen molar-refractivity contribution in [3.05, 3.63) is 90.0 Å². The first-order valence-corrected chi connectivity index (χ1v) is 10.1. The fraction of sp³-hybridized carbons (Fsp3) is 0.240. The lowest BCUT2D eigenvalue weighted by Gasteiger charge is -2.23. The van der Waals surface area contributed by atoms with Gasteiger partial charge < -0.3 is 14.4 Å². The topological polar surface area (TPSA) is 72.9 Å². The van der Waals surface area contributed by atoms with Crippen LogP contribution in [0.5, 0.6) is 0 Å². The normalized spacial score (nSPS) is 10.0. The molecule has 0 unspecified atom stereocenters. The molecule has 1 amide bonds. The fourth-order valence-corrected chi connectivity index (χ4v) is 2.84. The zero-order chi connectivity index (χ0) is 22.6. The lowest BCUT2D eigenvalue weighted by Crippen LogP contribution is -2.32. The molecule has 162 valence electrons. The summed E-state index contributed by atoms with van der Waals surface area (Å²) in [7, 11) is 0. The second kappa shape index (κ2) is 12.1. The first kappa shape index (κ1) is 23.6. The lowest BCUT2D eigenvalue weighted by atomic mass is 10.1. The Morgan fingerprint density at radius 2 is 1.39 bits per heavy atom. The van der Waals surface area contributed by atoms with Gasteiger partial charge in [-0.2, -0.15) is 0 Å². The Labute approximate surface area is 182 Å². The number of nitrogens with zero attached hydrogens (tertiary/aromatic N) is 1. The molecule has 6 heteroatoms. The van der Waals surface area contributed by atoms with Crippen molar-refractivity contribution in [3.63, 3.8) is 0 Å². The van der Waals surface area contributed by atoms with Crippen LogP contribution in [0.3, 0.4) is 0 Å². The van der Waals surface area contributed by atoms with Crippen LogP contribution in [0.2, 0.25) is 0 Å². The summed E-state index contributed by atoms with van der Waals surface area (Å²) in [5.74, 6) is -2.30. The van der Waals surface area contributed by atoms with Crippen LogP contribution in [0.15, 0.2) is 78.9 Å². The van der Waals surface area contributed by atoms with Crippen molar-refractivity contribution in [2.45, 2.75) is 20.4 Å². The zero-order valence-electron chi connectivity index (χ0n) is 17.9. The monoisotopic (exact) mass is 421 g/mol. The number of ether oxygens (including phenoxy) is 2. The van der Waals surface area contributed by atoms with E-state index in [9.17, 15) is 14.4 Å². The SMILES string of the molecule is C=C(CN(Cc1ccccc1)C(=O)C=C(C(=O)OCC)C(=O)OCC)c1ccccc1. The van der Waals surface area contributed by atoms with E-state index >= 15 is 0 Å². The zero-order valence-corrected chi connectivity index (χ0v) is 17.9. The number of hydrogen-bond donors (Lipinski definition) is 0. The third-order valence-electron chi connectivity index (χ3n) is 4.35. The van der Waals surface area contributed by atoms with Crippen molar-refractivity contribution in [2.75, 3.05) is 19.8 Å². The molecule has 0 aromatic heterocycles. The van der Waals surface area contributed by atoms with Gasteiger partial charge in [0.2, 0.25) is 5.91 Å². The average molecular weight is 421 g/mol. The van der Waals surface area contributed by atoms with Gasteiger partial charge >= 0.3 is 11.9 Å². The molecule has 0 aliphatic carbocycles. The van der Waals surface area contributed by atoms with Crippen LogP contribution >= 0.6 is 0 Å². The molecule has 31 heavy (non-hydrogen) atoms. The Bertz CT molecular complexity index is 915. The summed E-state index contributed by atoms with van der Waals surface area (Å²) in [6, 6.07) is 18.9. The number of carbonyl (C=O) groups is 3. The van der Waals surface area contributed by atoms with E-state index in [0.717, 1.165) is 22.8 Å². The van der Waals surface area contributed by atoms with Gasteiger partial charge in [-0.1, -0.05) is 67.2 Å². The Morgan fingerprint density at radius 3 is 1.90 bits per heavy atom. The highest BCUT2D eigenvalue weighted by Gasteiger charge is 2.24. The Morgan fingerprint density at radius 1 is 0.871 bits per heavy atom. The van der Waals surface area contributed by atoms with Gasteiger partial charge in [0.25, 0.3) is 0 Å². The van der Waals surface area contributed by atoms with E-state index in [4.69, 9.17) is 9.47 Å². The maximum Gasteiger partial charge on any atom is 0.345 e. The number of rotatable bonds is 10. The second-order valence-corrected chi connectivity index (χ2v) is 6.65. The van der Waals surface area contributed by atoms with Gasteiger partial charge in [-0.05, 0) is 30.5 Å². The van der Waals surface area contributed by atoms with Crippen LogP contribution in [0.1, 0.15) is 25.0 Å². The van der Waals surface area contributed by atoms with Gasteiger partial charge in [0.15, 0.2) is 0 Å². The molecule has 0 fully saturated rings. The maximum atomic E-state index is 13.1. The van der Waals surface area contributed by atoms with Crippen molar-refractivity contribution in [3.8, 4) is 0 Å². The van der Waals surface area contributed by atoms with Gasteiger partial charge in [-0.3, -0.25) is 4.79 Å². The number of benzene rings is 2. The molecule has 0 atom stereocenters. The average Bonchev–Trinajstić information content (AvgIpc) is 2.78. The van der Waals surface area contributed by atoms with Gasteiger partial charge in [0, 0.05) is 19.2 Å². The molecule has 0 N–H and O–H groups in total.